The van der Waals surface area contributed by atoms with Crippen LogP contribution in [0.3, 0.4) is 0 Å². The molecule has 0 unspecified atom stereocenters. The van der Waals surface area contributed by atoms with Gasteiger partial charge in [0.15, 0.2) is 0 Å². The number of nitriles is 1. The fourth-order valence-corrected chi connectivity index (χ4v) is 1.54. The summed E-state index contributed by atoms with van der Waals surface area (Å²) >= 11 is 0. The molecule has 1 aromatic heterocycles. The van der Waals surface area contributed by atoms with Gasteiger partial charge in [0.1, 0.15) is 0 Å². The first kappa shape index (κ1) is 10.3. The number of nitrogens with zero attached hydrogens (tertiary/aromatic N) is 2. The minimum absolute atomic E-state index is 0.234. The second kappa shape index (κ2) is 4.54. The number of halogens is 1. The third kappa shape index (κ3) is 2.06. The highest BCUT2D eigenvalue weighted by Crippen LogP contribution is 2.21. The van der Waals surface area contributed by atoms with Crippen molar-refractivity contribution in [3.05, 3.63) is 54.0 Å². The van der Waals surface area contributed by atoms with Gasteiger partial charge in [-0.05, 0) is 11.6 Å². The van der Waals surface area contributed by atoms with Crippen LogP contribution in [-0.2, 0) is 6.42 Å². The molecule has 0 aliphatic heterocycles. The molecule has 0 saturated heterocycles. The number of hydrogen-bond acceptors (Lipinski definition) is 2. The highest BCUT2D eigenvalue weighted by molar-refractivity contribution is 5.63. The minimum atomic E-state index is -0.527. The molecule has 2 aromatic rings. The Balaban J connectivity index is 2.55. The van der Waals surface area contributed by atoms with Crippen molar-refractivity contribution >= 4 is 0 Å². The van der Waals surface area contributed by atoms with Gasteiger partial charge in [-0.15, -0.1) is 0 Å². The zero-order valence-electron chi connectivity index (χ0n) is 8.52. The summed E-state index contributed by atoms with van der Waals surface area (Å²) < 4.78 is 13.1. The van der Waals surface area contributed by atoms with E-state index in [1.807, 2.05) is 30.3 Å². The quantitative estimate of drug-likeness (QED) is 0.717. The van der Waals surface area contributed by atoms with Crippen LogP contribution >= 0.6 is 0 Å². The number of pyridine rings is 1. The topological polar surface area (TPSA) is 36.7 Å². The van der Waals surface area contributed by atoms with Gasteiger partial charge in [-0.3, -0.25) is 0 Å². The SMILES string of the molecule is N#CCc1ccc(F)nc1-c1ccccc1. The third-order valence-electron chi connectivity index (χ3n) is 2.26. The number of rotatable bonds is 2. The van der Waals surface area contributed by atoms with E-state index in [0.717, 1.165) is 11.1 Å². The van der Waals surface area contributed by atoms with E-state index in [1.54, 1.807) is 6.07 Å². The van der Waals surface area contributed by atoms with E-state index in [0.29, 0.717) is 5.69 Å². The summed E-state index contributed by atoms with van der Waals surface area (Å²) in [7, 11) is 0. The molecule has 0 N–H and O–H groups in total. The summed E-state index contributed by atoms with van der Waals surface area (Å²) in [6, 6.07) is 14.2. The summed E-state index contributed by atoms with van der Waals surface area (Å²) in [6.45, 7) is 0. The molecule has 16 heavy (non-hydrogen) atoms. The molecule has 0 radical (unpaired) electrons. The van der Waals surface area contributed by atoms with Crippen LogP contribution < -0.4 is 0 Å². The summed E-state index contributed by atoms with van der Waals surface area (Å²) in [6.07, 6.45) is 0.234. The Morgan fingerprint density at radius 2 is 1.88 bits per heavy atom. The highest BCUT2D eigenvalue weighted by Gasteiger charge is 2.07. The molecule has 78 valence electrons. The Bertz CT molecular complexity index is 529. The van der Waals surface area contributed by atoms with Crippen molar-refractivity contribution in [1.82, 2.24) is 4.98 Å². The standard InChI is InChI=1S/C13H9FN2/c14-12-7-6-11(8-9-15)13(16-12)10-4-2-1-3-5-10/h1-7H,8H2. The Morgan fingerprint density at radius 1 is 1.12 bits per heavy atom. The van der Waals surface area contributed by atoms with Crippen molar-refractivity contribution in [1.29, 1.82) is 5.26 Å². The molecule has 1 heterocycles. The van der Waals surface area contributed by atoms with Gasteiger partial charge in [0, 0.05) is 5.56 Å². The summed E-state index contributed by atoms with van der Waals surface area (Å²) in [5.41, 5.74) is 2.12. The van der Waals surface area contributed by atoms with Crippen LogP contribution in [0.15, 0.2) is 42.5 Å². The van der Waals surface area contributed by atoms with E-state index in [4.69, 9.17) is 5.26 Å². The van der Waals surface area contributed by atoms with E-state index in [9.17, 15) is 4.39 Å². The van der Waals surface area contributed by atoms with Gasteiger partial charge < -0.3 is 0 Å². The minimum Gasteiger partial charge on any atom is -0.219 e. The maximum Gasteiger partial charge on any atom is 0.213 e. The van der Waals surface area contributed by atoms with E-state index < -0.39 is 5.95 Å². The monoisotopic (exact) mass is 212 g/mol. The number of aromatic nitrogens is 1. The fourth-order valence-electron chi connectivity index (χ4n) is 1.54. The lowest BCUT2D eigenvalue weighted by Gasteiger charge is -2.05. The maximum atomic E-state index is 13.1. The van der Waals surface area contributed by atoms with Crippen LogP contribution in [0.25, 0.3) is 11.3 Å². The number of benzene rings is 1. The summed E-state index contributed by atoms with van der Waals surface area (Å²) in [5, 5.41) is 8.69. The van der Waals surface area contributed by atoms with Crippen LogP contribution in [-0.4, -0.2) is 4.98 Å². The van der Waals surface area contributed by atoms with Gasteiger partial charge >= 0.3 is 0 Å². The lowest BCUT2D eigenvalue weighted by atomic mass is 10.0. The number of hydrogen-bond donors (Lipinski definition) is 0. The van der Waals surface area contributed by atoms with Crippen molar-refractivity contribution in [2.45, 2.75) is 6.42 Å². The molecule has 0 fully saturated rings. The van der Waals surface area contributed by atoms with E-state index in [-0.39, 0.29) is 6.42 Å². The predicted octanol–water partition coefficient (Wildman–Crippen LogP) is 2.95. The first-order valence-corrected chi connectivity index (χ1v) is 4.89. The average Bonchev–Trinajstić information content (AvgIpc) is 2.33. The molecule has 0 bridgehead atoms. The first-order valence-electron chi connectivity index (χ1n) is 4.89. The Hall–Kier alpha value is -2.21. The molecule has 0 aliphatic carbocycles. The lowest BCUT2D eigenvalue weighted by Crippen LogP contribution is -1.94. The predicted molar refractivity (Wildman–Crippen MR) is 58.9 cm³/mol. The third-order valence-corrected chi connectivity index (χ3v) is 2.26. The molecule has 0 saturated carbocycles. The molecule has 0 amide bonds. The van der Waals surface area contributed by atoms with Crippen LogP contribution in [0, 0.1) is 17.3 Å². The van der Waals surface area contributed by atoms with Crippen LogP contribution in [0.5, 0.6) is 0 Å². The second-order valence-electron chi connectivity index (χ2n) is 3.34. The van der Waals surface area contributed by atoms with Gasteiger partial charge in [0.2, 0.25) is 5.95 Å². The van der Waals surface area contributed by atoms with Crippen molar-refractivity contribution in [3.63, 3.8) is 0 Å². The Morgan fingerprint density at radius 3 is 2.56 bits per heavy atom. The highest BCUT2D eigenvalue weighted by atomic mass is 19.1. The van der Waals surface area contributed by atoms with Crippen molar-refractivity contribution in [2.75, 3.05) is 0 Å². The van der Waals surface area contributed by atoms with Crippen LogP contribution in [0.4, 0.5) is 4.39 Å². The van der Waals surface area contributed by atoms with Crippen LogP contribution in [0.2, 0.25) is 0 Å². The average molecular weight is 212 g/mol. The molecule has 1 aromatic carbocycles. The molecule has 0 atom stereocenters. The smallest absolute Gasteiger partial charge is 0.213 e. The van der Waals surface area contributed by atoms with E-state index in [1.165, 1.54) is 6.07 Å². The summed E-state index contributed by atoms with van der Waals surface area (Å²) in [4.78, 5) is 3.84. The molecule has 0 spiro atoms. The zero-order valence-corrected chi connectivity index (χ0v) is 8.52. The van der Waals surface area contributed by atoms with Crippen molar-refractivity contribution in [3.8, 4) is 17.3 Å². The van der Waals surface area contributed by atoms with E-state index >= 15 is 0 Å². The Labute approximate surface area is 93.0 Å². The molecule has 2 rings (SSSR count). The molecular formula is C13H9FN2. The van der Waals surface area contributed by atoms with Gasteiger partial charge in [-0.25, -0.2) is 4.98 Å². The largest absolute Gasteiger partial charge is 0.219 e. The maximum absolute atomic E-state index is 13.1. The molecular weight excluding hydrogens is 203 g/mol. The summed E-state index contributed by atoms with van der Waals surface area (Å²) in [5.74, 6) is -0.527. The van der Waals surface area contributed by atoms with Gasteiger partial charge in [0.25, 0.3) is 0 Å². The lowest BCUT2D eigenvalue weighted by molar-refractivity contribution is 0.584. The fraction of sp³-hybridized carbons (Fsp3) is 0.0769. The second-order valence-corrected chi connectivity index (χ2v) is 3.34. The first-order chi connectivity index (χ1) is 7.81. The zero-order chi connectivity index (χ0) is 11.4. The van der Waals surface area contributed by atoms with Crippen molar-refractivity contribution < 1.29 is 4.39 Å². The van der Waals surface area contributed by atoms with Gasteiger partial charge in [-0.1, -0.05) is 36.4 Å². The molecule has 0 aliphatic rings. The Kier molecular flexibility index (Phi) is 2.93. The van der Waals surface area contributed by atoms with Crippen molar-refractivity contribution in [2.24, 2.45) is 0 Å². The van der Waals surface area contributed by atoms with Crippen LogP contribution in [0.1, 0.15) is 5.56 Å². The normalized spacial score (nSPS) is 9.75. The molecule has 2 nitrogen and oxygen atoms in total. The van der Waals surface area contributed by atoms with Gasteiger partial charge in [-0.2, -0.15) is 9.65 Å². The molecule has 3 heteroatoms. The van der Waals surface area contributed by atoms with E-state index in [2.05, 4.69) is 11.1 Å². The van der Waals surface area contributed by atoms with Gasteiger partial charge in [0.05, 0.1) is 18.2 Å².